The summed E-state index contributed by atoms with van der Waals surface area (Å²) in [5.41, 5.74) is 4.67. The second-order valence-corrected chi connectivity index (χ2v) is 7.19. The maximum Gasteiger partial charge on any atom is 0.119 e. The number of halogens is 1. The molecule has 0 saturated carbocycles. The van der Waals surface area contributed by atoms with Crippen molar-refractivity contribution in [2.24, 2.45) is 10.9 Å². The van der Waals surface area contributed by atoms with E-state index in [4.69, 9.17) is 16.3 Å². The molecule has 0 saturated heterocycles. The van der Waals surface area contributed by atoms with Gasteiger partial charge in [0.15, 0.2) is 0 Å². The molecule has 1 aliphatic heterocycles. The van der Waals surface area contributed by atoms with E-state index in [1.165, 1.54) is 11.1 Å². The standard InChI is InChI=1S/C22H24ClNO/c1-16(2)12-14-25-20-8-9-21-18(15-20)11-13-24-22(21)10-5-17-3-6-19(23)7-4-17/h3-10,15-16H,11-14H2,1-2H3/b10-5+. The van der Waals surface area contributed by atoms with E-state index in [0.29, 0.717) is 5.92 Å². The van der Waals surface area contributed by atoms with Crippen LogP contribution in [-0.4, -0.2) is 18.9 Å². The number of hydrogen-bond donors (Lipinski definition) is 0. The molecule has 130 valence electrons. The van der Waals surface area contributed by atoms with Crippen LogP contribution in [0.3, 0.4) is 0 Å². The van der Waals surface area contributed by atoms with E-state index in [9.17, 15) is 0 Å². The minimum atomic E-state index is 0.661. The minimum absolute atomic E-state index is 0.661. The Morgan fingerprint density at radius 1 is 1.12 bits per heavy atom. The van der Waals surface area contributed by atoms with Crippen LogP contribution in [0.1, 0.15) is 37.0 Å². The fraction of sp³-hybridized carbons (Fsp3) is 0.318. The van der Waals surface area contributed by atoms with Crippen molar-refractivity contribution in [3.05, 3.63) is 70.3 Å². The molecule has 2 aromatic rings. The fourth-order valence-corrected chi connectivity index (χ4v) is 2.93. The van der Waals surface area contributed by atoms with Crippen molar-refractivity contribution in [2.75, 3.05) is 13.2 Å². The third-order valence-corrected chi connectivity index (χ3v) is 4.54. The van der Waals surface area contributed by atoms with Gasteiger partial charge in [-0.15, -0.1) is 0 Å². The summed E-state index contributed by atoms with van der Waals surface area (Å²) in [5, 5.41) is 0.752. The van der Waals surface area contributed by atoms with Gasteiger partial charge in [-0.25, -0.2) is 0 Å². The molecule has 1 heterocycles. The van der Waals surface area contributed by atoms with Gasteiger partial charge >= 0.3 is 0 Å². The first-order valence-electron chi connectivity index (χ1n) is 8.86. The summed E-state index contributed by atoms with van der Waals surface area (Å²) in [7, 11) is 0. The van der Waals surface area contributed by atoms with E-state index in [2.05, 4.69) is 49.2 Å². The Labute approximate surface area is 155 Å². The van der Waals surface area contributed by atoms with E-state index in [-0.39, 0.29) is 0 Å². The Morgan fingerprint density at radius 3 is 2.68 bits per heavy atom. The van der Waals surface area contributed by atoms with Gasteiger partial charge in [0.05, 0.1) is 12.3 Å². The average Bonchev–Trinajstić information content (AvgIpc) is 2.60. The summed E-state index contributed by atoms with van der Waals surface area (Å²) in [4.78, 5) is 4.68. The zero-order valence-corrected chi connectivity index (χ0v) is 15.6. The second kappa shape index (κ2) is 8.35. The van der Waals surface area contributed by atoms with Gasteiger partial charge in [-0.1, -0.05) is 43.7 Å². The first-order chi connectivity index (χ1) is 12.1. The van der Waals surface area contributed by atoms with Gasteiger partial charge in [0.25, 0.3) is 0 Å². The normalized spacial score (nSPS) is 13.8. The van der Waals surface area contributed by atoms with Crippen LogP contribution < -0.4 is 4.74 Å². The number of fused-ring (bicyclic) bond motifs is 1. The molecule has 0 amide bonds. The summed E-state index contributed by atoms with van der Waals surface area (Å²) in [6.07, 6.45) is 6.21. The number of hydrogen-bond acceptors (Lipinski definition) is 2. The molecule has 0 spiro atoms. The summed E-state index contributed by atoms with van der Waals surface area (Å²) in [6, 6.07) is 14.2. The number of benzene rings is 2. The highest BCUT2D eigenvalue weighted by Gasteiger charge is 2.13. The summed E-state index contributed by atoms with van der Waals surface area (Å²) < 4.78 is 5.89. The van der Waals surface area contributed by atoms with Gasteiger partial charge in [-0.05, 0) is 66.3 Å². The summed E-state index contributed by atoms with van der Waals surface area (Å²) in [6.45, 7) is 6.02. The van der Waals surface area contributed by atoms with E-state index in [1.807, 2.05) is 24.3 Å². The Morgan fingerprint density at radius 2 is 1.92 bits per heavy atom. The third kappa shape index (κ3) is 4.96. The topological polar surface area (TPSA) is 21.6 Å². The smallest absolute Gasteiger partial charge is 0.119 e. The Kier molecular flexibility index (Phi) is 5.93. The quantitative estimate of drug-likeness (QED) is 0.640. The molecule has 0 radical (unpaired) electrons. The first kappa shape index (κ1) is 17.8. The molecule has 3 heteroatoms. The molecule has 0 N–H and O–H groups in total. The first-order valence-corrected chi connectivity index (χ1v) is 9.24. The molecule has 25 heavy (non-hydrogen) atoms. The van der Waals surface area contributed by atoms with Crippen LogP contribution in [0, 0.1) is 5.92 Å². The molecule has 2 nitrogen and oxygen atoms in total. The van der Waals surface area contributed by atoms with Gasteiger partial charge in [0, 0.05) is 17.1 Å². The SMILES string of the molecule is CC(C)CCOc1ccc2c(c1)CCN=C2/C=C/c1ccc(Cl)cc1. The number of aliphatic imine (C=N–C) groups is 1. The van der Waals surface area contributed by atoms with Gasteiger partial charge in [-0.2, -0.15) is 0 Å². The molecule has 1 aliphatic rings. The van der Waals surface area contributed by atoms with Crippen molar-refractivity contribution in [1.82, 2.24) is 0 Å². The Balaban J connectivity index is 1.72. The highest BCUT2D eigenvalue weighted by molar-refractivity contribution is 6.30. The van der Waals surface area contributed by atoms with Crippen molar-refractivity contribution < 1.29 is 4.74 Å². The predicted molar refractivity (Wildman–Crippen MR) is 107 cm³/mol. The lowest BCUT2D eigenvalue weighted by Gasteiger charge is -2.17. The highest BCUT2D eigenvalue weighted by Crippen LogP contribution is 2.23. The highest BCUT2D eigenvalue weighted by atomic mass is 35.5. The van der Waals surface area contributed by atoms with E-state index in [0.717, 1.165) is 48.0 Å². The van der Waals surface area contributed by atoms with Crippen LogP contribution in [0.2, 0.25) is 5.02 Å². The monoisotopic (exact) mass is 353 g/mol. The molecular weight excluding hydrogens is 330 g/mol. The molecule has 0 unspecified atom stereocenters. The Hall–Kier alpha value is -2.06. The average molecular weight is 354 g/mol. The van der Waals surface area contributed by atoms with Crippen molar-refractivity contribution in [3.8, 4) is 5.75 Å². The van der Waals surface area contributed by atoms with Crippen LogP contribution in [0.5, 0.6) is 5.75 Å². The predicted octanol–water partition coefficient (Wildman–Crippen LogP) is 5.82. The maximum atomic E-state index is 5.94. The summed E-state index contributed by atoms with van der Waals surface area (Å²) in [5.74, 6) is 1.62. The van der Waals surface area contributed by atoms with Crippen LogP contribution >= 0.6 is 11.6 Å². The lowest BCUT2D eigenvalue weighted by Crippen LogP contribution is -2.11. The fourth-order valence-electron chi connectivity index (χ4n) is 2.80. The molecule has 2 aromatic carbocycles. The zero-order chi connectivity index (χ0) is 17.6. The van der Waals surface area contributed by atoms with Crippen molar-refractivity contribution in [2.45, 2.75) is 26.7 Å². The minimum Gasteiger partial charge on any atom is -0.494 e. The number of allylic oxidation sites excluding steroid dienone is 1. The van der Waals surface area contributed by atoms with Crippen molar-refractivity contribution >= 4 is 23.4 Å². The Bertz CT molecular complexity index is 775. The maximum absolute atomic E-state index is 5.94. The number of ether oxygens (including phenoxy) is 1. The molecule has 0 bridgehead atoms. The van der Waals surface area contributed by atoms with Gasteiger partial charge in [0.2, 0.25) is 0 Å². The van der Waals surface area contributed by atoms with Gasteiger partial charge in [-0.3, -0.25) is 4.99 Å². The van der Waals surface area contributed by atoms with Gasteiger partial charge in [0.1, 0.15) is 5.75 Å². The lowest BCUT2D eigenvalue weighted by atomic mass is 9.96. The number of nitrogens with zero attached hydrogens (tertiary/aromatic N) is 1. The van der Waals surface area contributed by atoms with Crippen LogP contribution in [0.4, 0.5) is 0 Å². The molecule has 0 aliphatic carbocycles. The molecule has 0 fully saturated rings. The van der Waals surface area contributed by atoms with E-state index < -0.39 is 0 Å². The third-order valence-electron chi connectivity index (χ3n) is 4.28. The van der Waals surface area contributed by atoms with E-state index >= 15 is 0 Å². The number of rotatable bonds is 6. The van der Waals surface area contributed by atoms with Crippen LogP contribution in [-0.2, 0) is 6.42 Å². The second-order valence-electron chi connectivity index (χ2n) is 6.75. The lowest BCUT2D eigenvalue weighted by molar-refractivity contribution is 0.289. The molecule has 3 rings (SSSR count). The van der Waals surface area contributed by atoms with Crippen LogP contribution in [0.25, 0.3) is 6.08 Å². The molecule has 0 atom stereocenters. The van der Waals surface area contributed by atoms with Crippen molar-refractivity contribution in [3.63, 3.8) is 0 Å². The molecule has 0 aromatic heterocycles. The van der Waals surface area contributed by atoms with Crippen LogP contribution in [0.15, 0.2) is 53.5 Å². The van der Waals surface area contributed by atoms with Crippen molar-refractivity contribution in [1.29, 1.82) is 0 Å². The largest absolute Gasteiger partial charge is 0.494 e. The van der Waals surface area contributed by atoms with Gasteiger partial charge < -0.3 is 4.74 Å². The van der Waals surface area contributed by atoms with E-state index in [1.54, 1.807) is 0 Å². The molecular formula is C22H24ClNO. The summed E-state index contributed by atoms with van der Waals surface area (Å²) >= 11 is 5.94. The zero-order valence-electron chi connectivity index (χ0n) is 14.8.